The summed E-state index contributed by atoms with van der Waals surface area (Å²) >= 11 is 2.30. The number of halogens is 1. The molecule has 1 aliphatic rings. The van der Waals surface area contributed by atoms with E-state index >= 15 is 0 Å². The van der Waals surface area contributed by atoms with Crippen LogP contribution in [0.4, 0.5) is 0 Å². The molecular formula is C10H17IO3. The van der Waals surface area contributed by atoms with Crippen molar-refractivity contribution < 1.29 is 14.3 Å². The highest BCUT2D eigenvalue weighted by molar-refractivity contribution is 14.1. The minimum absolute atomic E-state index is 0.0462. The topological polar surface area (TPSA) is 35.5 Å². The molecule has 0 aromatic rings. The minimum atomic E-state index is -0.396. The summed E-state index contributed by atoms with van der Waals surface area (Å²) in [4.78, 5) is 11.3. The Kier molecular flexibility index (Phi) is 3.80. The molecule has 0 spiro atoms. The van der Waals surface area contributed by atoms with Crippen LogP contribution in [-0.2, 0) is 14.3 Å². The lowest BCUT2D eigenvalue weighted by Gasteiger charge is -2.39. The predicted molar refractivity (Wildman–Crippen MR) is 62.3 cm³/mol. The molecule has 3 nitrogen and oxygen atoms in total. The van der Waals surface area contributed by atoms with Gasteiger partial charge in [-0.2, -0.15) is 0 Å². The van der Waals surface area contributed by atoms with Crippen LogP contribution in [0.15, 0.2) is 0 Å². The van der Waals surface area contributed by atoms with Crippen molar-refractivity contribution in [2.24, 2.45) is 5.41 Å². The maximum atomic E-state index is 11.3. The highest BCUT2D eigenvalue weighted by Gasteiger charge is 2.43. The number of alkyl halides is 1. The van der Waals surface area contributed by atoms with Crippen molar-refractivity contribution in [3.05, 3.63) is 0 Å². The van der Waals surface area contributed by atoms with E-state index in [1.54, 1.807) is 0 Å². The molecule has 0 aliphatic carbocycles. The zero-order chi connectivity index (χ0) is 10.9. The first-order valence-corrected chi connectivity index (χ1v) is 6.06. The lowest BCUT2D eigenvalue weighted by Crippen LogP contribution is -2.47. The van der Waals surface area contributed by atoms with E-state index in [9.17, 15) is 4.79 Å². The molecule has 0 radical (unpaired) electrons. The molecule has 0 saturated carbocycles. The van der Waals surface area contributed by atoms with E-state index in [1.807, 2.05) is 13.8 Å². The van der Waals surface area contributed by atoms with Crippen LogP contribution in [0, 0.1) is 5.41 Å². The molecule has 0 bridgehead atoms. The molecule has 1 heterocycles. The van der Waals surface area contributed by atoms with Gasteiger partial charge in [-0.05, 0) is 19.3 Å². The second kappa shape index (κ2) is 4.35. The van der Waals surface area contributed by atoms with Gasteiger partial charge in [-0.1, -0.05) is 36.4 Å². The largest absolute Gasteiger partial charge is 0.435 e. The van der Waals surface area contributed by atoms with Gasteiger partial charge in [-0.3, -0.25) is 4.79 Å². The van der Waals surface area contributed by atoms with Gasteiger partial charge in [0, 0.05) is 0 Å². The number of ether oxygens (including phenoxy) is 2. The van der Waals surface area contributed by atoms with Crippen LogP contribution in [0.3, 0.4) is 0 Å². The Hall–Kier alpha value is 0.160. The smallest absolute Gasteiger partial charge is 0.308 e. The van der Waals surface area contributed by atoms with Crippen LogP contribution in [0.1, 0.15) is 34.1 Å². The van der Waals surface area contributed by atoms with Crippen molar-refractivity contribution in [2.45, 2.75) is 50.4 Å². The standard InChI is InChI=1S/C10H17IO3/c1-6(2)13-9-8(11)10(3,4)5-7(12)14-9/h6,8-9H,5H2,1-4H3. The number of cyclic esters (lactones) is 1. The Bertz CT molecular complexity index is 225. The molecule has 4 heteroatoms. The van der Waals surface area contributed by atoms with Crippen LogP contribution < -0.4 is 0 Å². The van der Waals surface area contributed by atoms with Crippen LogP contribution in [-0.4, -0.2) is 22.3 Å². The van der Waals surface area contributed by atoms with Crippen LogP contribution in [0.2, 0.25) is 0 Å². The lowest BCUT2D eigenvalue weighted by atomic mass is 9.84. The molecule has 1 aliphatic heterocycles. The van der Waals surface area contributed by atoms with Crippen molar-refractivity contribution in [1.82, 2.24) is 0 Å². The van der Waals surface area contributed by atoms with E-state index < -0.39 is 6.29 Å². The van der Waals surface area contributed by atoms with Crippen molar-refractivity contribution in [1.29, 1.82) is 0 Å². The van der Waals surface area contributed by atoms with Crippen molar-refractivity contribution in [3.63, 3.8) is 0 Å². The van der Waals surface area contributed by atoms with Gasteiger partial charge in [0.25, 0.3) is 0 Å². The SMILES string of the molecule is CC(C)OC1OC(=O)CC(C)(C)C1I. The summed E-state index contributed by atoms with van der Waals surface area (Å²) < 4.78 is 10.9. The van der Waals surface area contributed by atoms with Crippen LogP contribution in [0.5, 0.6) is 0 Å². The van der Waals surface area contributed by atoms with E-state index in [0.717, 1.165) is 0 Å². The molecule has 14 heavy (non-hydrogen) atoms. The first-order chi connectivity index (χ1) is 6.33. The Labute approximate surface area is 98.7 Å². The van der Waals surface area contributed by atoms with Gasteiger partial charge in [0.1, 0.15) is 0 Å². The summed E-state index contributed by atoms with van der Waals surface area (Å²) in [5, 5.41) is 0. The maximum absolute atomic E-state index is 11.3. The molecule has 1 rings (SSSR count). The van der Waals surface area contributed by atoms with Crippen molar-refractivity contribution in [2.75, 3.05) is 0 Å². The summed E-state index contributed by atoms with van der Waals surface area (Å²) in [5.41, 5.74) is -0.0462. The van der Waals surface area contributed by atoms with Gasteiger partial charge < -0.3 is 9.47 Å². The monoisotopic (exact) mass is 312 g/mol. The molecule has 82 valence electrons. The van der Waals surface area contributed by atoms with E-state index in [2.05, 4.69) is 36.4 Å². The molecule has 0 aromatic heterocycles. The maximum Gasteiger partial charge on any atom is 0.308 e. The third kappa shape index (κ3) is 2.82. The Balaban J connectivity index is 2.70. The molecule has 1 fully saturated rings. The molecule has 0 N–H and O–H groups in total. The fraction of sp³-hybridized carbons (Fsp3) is 0.900. The number of rotatable bonds is 2. The zero-order valence-electron chi connectivity index (χ0n) is 9.04. The van der Waals surface area contributed by atoms with Crippen LogP contribution >= 0.6 is 22.6 Å². The Morgan fingerprint density at radius 1 is 1.57 bits per heavy atom. The van der Waals surface area contributed by atoms with Crippen LogP contribution in [0.25, 0.3) is 0 Å². The van der Waals surface area contributed by atoms with E-state index in [0.29, 0.717) is 6.42 Å². The summed E-state index contributed by atoms with van der Waals surface area (Å²) in [6.45, 7) is 8.03. The number of esters is 1. The predicted octanol–water partition coefficient (Wildman–Crippen LogP) is 2.51. The minimum Gasteiger partial charge on any atom is -0.435 e. The molecule has 0 aromatic carbocycles. The van der Waals surface area contributed by atoms with Gasteiger partial charge in [0.05, 0.1) is 16.4 Å². The van der Waals surface area contributed by atoms with E-state index in [1.165, 1.54) is 0 Å². The quantitative estimate of drug-likeness (QED) is 0.446. The zero-order valence-corrected chi connectivity index (χ0v) is 11.2. The van der Waals surface area contributed by atoms with Gasteiger partial charge in [0.2, 0.25) is 6.29 Å². The summed E-state index contributed by atoms with van der Waals surface area (Å²) in [5.74, 6) is -0.159. The molecule has 2 atom stereocenters. The first-order valence-electron chi connectivity index (χ1n) is 4.82. The fourth-order valence-electron chi connectivity index (χ4n) is 1.43. The fourth-order valence-corrected chi connectivity index (χ4v) is 1.97. The average molecular weight is 312 g/mol. The first kappa shape index (κ1) is 12.2. The normalized spacial score (nSPS) is 31.7. The van der Waals surface area contributed by atoms with E-state index in [-0.39, 0.29) is 21.4 Å². The van der Waals surface area contributed by atoms with Gasteiger partial charge >= 0.3 is 5.97 Å². The highest BCUT2D eigenvalue weighted by Crippen LogP contribution is 2.39. The number of hydrogen-bond donors (Lipinski definition) is 0. The third-order valence-corrected chi connectivity index (χ3v) is 4.51. The van der Waals surface area contributed by atoms with Gasteiger partial charge in [0.15, 0.2) is 0 Å². The van der Waals surface area contributed by atoms with E-state index in [4.69, 9.17) is 9.47 Å². The average Bonchev–Trinajstić information content (AvgIpc) is 1.97. The molecule has 1 saturated heterocycles. The van der Waals surface area contributed by atoms with Crippen molar-refractivity contribution >= 4 is 28.6 Å². The van der Waals surface area contributed by atoms with Gasteiger partial charge in [-0.15, -0.1) is 0 Å². The Morgan fingerprint density at radius 3 is 2.64 bits per heavy atom. The number of carbonyl (C=O) groups excluding carboxylic acids is 1. The highest BCUT2D eigenvalue weighted by atomic mass is 127. The summed E-state index contributed by atoms with van der Waals surface area (Å²) in [7, 11) is 0. The number of hydrogen-bond acceptors (Lipinski definition) is 3. The summed E-state index contributed by atoms with van der Waals surface area (Å²) in [6.07, 6.45) is 0.157. The second-order valence-corrected chi connectivity index (χ2v) is 5.95. The Morgan fingerprint density at radius 2 is 2.14 bits per heavy atom. The molecular weight excluding hydrogens is 295 g/mol. The molecule has 0 amide bonds. The number of carbonyl (C=O) groups is 1. The summed E-state index contributed by atoms with van der Waals surface area (Å²) in [6, 6.07) is 0. The van der Waals surface area contributed by atoms with Gasteiger partial charge in [-0.25, -0.2) is 0 Å². The van der Waals surface area contributed by atoms with Crippen molar-refractivity contribution in [3.8, 4) is 0 Å². The lowest BCUT2D eigenvalue weighted by molar-refractivity contribution is -0.204. The third-order valence-electron chi connectivity index (χ3n) is 2.24. The molecule has 2 unspecified atom stereocenters. The second-order valence-electron chi connectivity index (χ2n) is 4.61.